The van der Waals surface area contributed by atoms with Crippen molar-refractivity contribution in [3.63, 3.8) is 0 Å². The van der Waals surface area contributed by atoms with Crippen LogP contribution >= 0.6 is 0 Å². The molecule has 0 radical (unpaired) electrons. The molecule has 8 heteroatoms. The van der Waals surface area contributed by atoms with E-state index in [1.807, 2.05) is 65.0 Å². The molecule has 186 valence electrons. The molecular weight excluding hydrogens is 447 g/mol. The van der Waals surface area contributed by atoms with Gasteiger partial charge in [0.25, 0.3) is 5.91 Å². The second kappa shape index (κ2) is 10.7. The average Bonchev–Trinajstić information content (AvgIpc) is 3.22. The van der Waals surface area contributed by atoms with E-state index in [0.717, 1.165) is 11.4 Å². The fraction of sp³-hybridized carbons (Fsp3) is 0.370. The first-order chi connectivity index (χ1) is 16.5. The van der Waals surface area contributed by atoms with E-state index in [1.54, 1.807) is 17.9 Å². The van der Waals surface area contributed by atoms with Crippen molar-refractivity contribution >= 4 is 17.6 Å². The highest BCUT2D eigenvalue weighted by Gasteiger charge is 2.24. The van der Waals surface area contributed by atoms with Crippen molar-refractivity contribution < 1.29 is 18.7 Å². The molecule has 3 aromatic rings. The number of carbonyl (C=O) groups excluding carboxylic acids is 2. The normalized spacial score (nSPS) is 11.4. The van der Waals surface area contributed by atoms with Gasteiger partial charge in [-0.3, -0.25) is 9.59 Å². The monoisotopic (exact) mass is 480 g/mol. The Balaban J connectivity index is 1.87. The van der Waals surface area contributed by atoms with Crippen molar-refractivity contribution in [2.45, 2.75) is 40.0 Å². The molecule has 1 N–H and O–H groups in total. The van der Waals surface area contributed by atoms with Gasteiger partial charge >= 0.3 is 0 Å². The van der Waals surface area contributed by atoms with E-state index in [4.69, 9.17) is 9.84 Å². The smallest absolute Gasteiger partial charge is 0.254 e. The molecule has 7 nitrogen and oxygen atoms in total. The highest BCUT2D eigenvalue weighted by molar-refractivity contribution is 5.99. The first kappa shape index (κ1) is 25.9. The van der Waals surface area contributed by atoms with E-state index in [9.17, 15) is 14.0 Å². The SMILES string of the molecule is COc1ccc(-n2nc(C(C)(C)C)cc2NC(=O)CN(CC(C)C)C(=O)c2cccc(F)c2)cc1. The lowest BCUT2D eigenvalue weighted by molar-refractivity contribution is -0.117. The van der Waals surface area contributed by atoms with Crippen LogP contribution in [0.5, 0.6) is 5.75 Å². The summed E-state index contributed by atoms with van der Waals surface area (Å²) in [6.07, 6.45) is 0. The summed E-state index contributed by atoms with van der Waals surface area (Å²) in [6, 6.07) is 14.7. The first-order valence-corrected chi connectivity index (χ1v) is 11.6. The van der Waals surface area contributed by atoms with Crippen LogP contribution < -0.4 is 10.1 Å². The van der Waals surface area contributed by atoms with Crippen LogP contribution in [-0.4, -0.2) is 46.7 Å². The number of anilines is 1. The maximum atomic E-state index is 13.7. The number of amides is 2. The molecule has 0 spiro atoms. The summed E-state index contributed by atoms with van der Waals surface area (Å²) < 4.78 is 20.6. The molecule has 3 rings (SSSR count). The summed E-state index contributed by atoms with van der Waals surface area (Å²) in [4.78, 5) is 27.6. The zero-order chi connectivity index (χ0) is 25.8. The number of rotatable bonds is 8. The van der Waals surface area contributed by atoms with E-state index < -0.39 is 11.7 Å². The summed E-state index contributed by atoms with van der Waals surface area (Å²) in [5.41, 5.74) is 1.52. The highest BCUT2D eigenvalue weighted by Crippen LogP contribution is 2.27. The fourth-order valence-electron chi connectivity index (χ4n) is 3.58. The number of carbonyl (C=O) groups is 2. The molecule has 0 aliphatic heterocycles. The van der Waals surface area contributed by atoms with Gasteiger partial charge in [-0.1, -0.05) is 40.7 Å². The van der Waals surface area contributed by atoms with Crippen LogP contribution in [0, 0.1) is 11.7 Å². The number of hydrogen-bond donors (Lipinski definition) is 1. The first-order valence-electron chi connectivity index (χ1n) is 11.6. The van der Waals surface area contributed by atoms with Crippen molar-refractivity contribution in [1.29, 1.82) is 0 Å². The maximum Gasteiger partial charge on any atom is 0.254 e. The maximum absolute atomic E-state index is 13.7. The quantitative estimate of drug-likeness (QED) is 0.489. The Morgan fingerprint density at radius 2 is 1.80 bits per heavy atom. The molecule has 1 aromatic heterocycles. The third kappa shape index (κ3) is 6.68. The minimum absolute atomic E-state index is 0.123. The Bertz CT molecular complexity index is 1180. The third-order valence-electron chi connectivity index (χ3n) is 5.34. The van der Waals surface area contributed by atoms with Crippen LogP contribution in [0.25, 0.3) is 5.69 Å². The lowest BCUT2D eigenvalue weighted by Gasteiger charge is -2.24. The summed E-state index contributed by atoms with van der Waals surface area (Å²) in [5, 5.41) is 7.63. The number of halogens is 1. The Labute approximate surface area is 205 Å². The lowest BCUT2D eigenvalue weighted by Crippen LogP contribution is -2.40. The van der Waals surface area contributed by atoms with Gasteiger partial charge in [0.2, 0.25) is 5.91 Å². The number of nitrogens with one attached hydrogen (secondary N) is 1. The minimum Gasteiger partial charge on any atom is -0.497 e. The zero-order valence-electron chi connectivity index (χ0n) is 21.1. The molecule has 2 amide bonds. The average molecular weight is 481 g/mol. The zero-order valence-corrected chi connectivity index (χ0v) is 21.1. The molecule has 0 atom stereocenters. The number of aromatic nitrogens is 2. The Morgan fingerprint density at radius 3 is 2.37 bits per heavy atom. The minimum atomic E-state index is -0.497. The number of methoxy groups -OCH3 is 1. The lowest BCUT2D eigenvalue weighted by atomic mass is 9.92. The van der Waals surface area contributed by atoms with Gasteiger partial charge in [-0.15, -0.1) is 0 Å². The van der Waals surface area contributed by atoms with Crippen molar-refractivity contribution in [2.24, 2.45) is 5.92 Å². The van der Waals surface area contributed by atoms with Gasteiger partial charge in [0, 0.05) is 23.6 Å². The molecule has 0 bridgehead atoms. The number of benzene rings is 2. The van der Waals surface area contributed by atoms with Crippen LogP contribution in [0.3, 0.4) is 0 Å². The number of ether oxygens (including phenoxy) is 1. The van der Waals surface area contributed by atoms with Gasteiger partial charge in [-0.2, -0.15) is 5.10 Å². The molecule has 35 heavy (non-hydrogen) atoms. The number of nitrogens with zero attached hydrogens (tertiary/aromatic N) is 3. The molecule has 0 aliphatic rings. The van der Waals surface area contributed by atoms with Crippen LogP contribution in [0.15, 0.2) is 54.6 Å². The van der Waals surface area contributed by atoms with Crippen LogP contribution in [-0.2, 0) is 10.2 Å². The van der Waals surface area contributed by atoms with E-state index in [2.05, 4.69) is 5.32 Å². The summed E-state index contributed by atoms with van der Waals surface area (Å²) in [7, 11) is 1.60. The van der Waals surface area contributed by atoms with Crippen molar-refractivity contribution in [1.82, 2.24) is 14.7 Å². The summed E-state index contributed by atoms with van der Waals surface area (Å²) >= 11 is 0. The van der Waals surface area contributed by atoms with Crippen molar-refractivity contribution in [3.05, 3.63) is 71.7 Å². The topological polar surface area (TPSA) is 76.5 Å². The summed E-state index contributed by atoms with van der Waals surface area (Å²) in [6.45, 7) is 10.2. The molecule has 2 aromatic carbocycles. The molecule has 1 heterocycles. The van der Waals surface area contributed by atoms with Crippen LogP contribution in [0.2, 0.25) is 0 Å². The second-order valence-electron chi connectivity index (χ2n) is 9.91. The van der Waals surface area contributed by atoms with Crippen molar-refractivity contribution in [2.75, 3.05) is 25.5 Å². The largest absolute Gasteiger partial charge is 0.497 e. The highest BCUT2D eigenvalue weighted by atomic mass is 19.1. The van der Waals surface area contributed by atoms with E-state index in [1.165, 1.54) is 23.1 Å². The third-order valence-corrected chi connectivity index (χ3v) is 5.34. The molecule has 0 aliphatic carbocycles. The Morgan fingerprint density at radius 1 is 1.11 bits per heavy atom. The van der Waals surface area contributed by atoms with Gasteiger partial charge in [-0.05, 0) is 48.4 Å². The van der Waals surface area contributed by atoms with E-state index in [0.29, 0.717) is 18.1 Å². The Kier molecular flexibility index (Phi) is 7.94. The second-order valence-corrected chi connectivity index (χ2v) is 9.91. The Hall–Kier alpha value is -3.68. The fourth-order valence-corrected chi connectivity index (χ4v) is 3.58. The molecule has 0 unspecified atom stereocenters. The predicted molar refractivity (Wildman–Crippen MR) is 135 cm³/mol. The van der Waals surface area contributed by atoms with Crippen LogP contribution in [0.1, 0.15) is 50.7 Å². The van der Waals surface area contributed by atoms with Gasteiger partial charge in [0.05, 0.1) is 18.5 Å². The standard InChI is InChI=1S/C27H33FN4O3/c1-18(2)16-31(26(34)19-8-7-9-20(28)14-19)17-25(33)29-24-15-23(27(3,4)5)30-32(24)21-10-12-22(35-6)13-11-21/h7-15,18H,16-17H2,1-6H3,(H,29,33). The molecule has 0 saturated heterocycles. The summed E-state index contributed by atoms with van der Waals surface area (Å²) in [5.74, 6) is 0.0639. The predicted octanol–water partition coefficient (Wildman–Crippen LogP) is 5.05. The van der Waals surface area contributed by atoms with Gasteiger partial charge < -0.3 is 15.0 Å². The van der Waals surface area contributed by atoms with Gasteiger partial charge in [-0.25, -0.2) is 9.07 Å². The van der Waals surface area contributed by atoms with Crippen molar-refractivity contribution in [3.8, 4) is 11.4 Å². The molecule has 0 fully saturated rings. The van der Waals surface area contributed by atoms with Crippen LogP contribution in [0.4, 0.5) is 10.2 Å². The molecular formula is C27H33FN4O3. The molecule has 0 saturated carbocycles. The van der Waals surface area contributed by atoms with Gasteiger partial charge in [0.1, 0.15) is 23.9 Å². The van der Waals surface area contributed by atoms with E-state index in [-0.39, 0.29) is 29.3 Å². The number of hydrogen-bond acceptors (Lipinski definition) is 4. The van der Waals surface area contributed by atoms with Gasteiger partial charge in [0.15, 0.2) is 0 Å². The van der Waals surface area contributed by atoms with E-state index >= 15 is 0 Å².